The molecule has 1 aromatic rings. The van der Waals surface area contributed by atoms with Gasteiger partial charge in [-0.05, 0) is 44.7 Å². The van der Waals surface area contributed by atoms with Gasteiger partial charge < -0.3 is 19.5 Å². The second kappa shape index (κ2) is 6.24. The molecule has 1 atom stereocenters. The lowest BCUT2D eigenvalue weighted by molar-refractivity contribution is -0.0794. The Morgan fingerprint density at radius 3 is 2.81 bits per heavy atom. The van der Waals surface area contributed by atoms with Gasteiger partial charge in [-0.1, -0.05) is 12.1 Å². The second-order valence-corrected chi connectivity index (χ2v) is 6.62. The fourth-order valence-corrected chi connectivity index (χ4v) is 2.96. The summed E-state index contributed by atoms with van der Waals surface area (Å²) in [6, 6.07) is 8.16. The molecule has 0 spiro atoms. The van der Waals surface area contributed by atoms with Crippen molar-refractivity contribution in [2.45, 2.75) is 38.4 Å². The molecule has 0 amide bonds. The molecular weight excluding hydrogens is 266 g/mol. The molecule has 0 saturated carbocycles. The summed E-state index contributed by atoms with van der Waals surface area (Å²) in [6.07, 6.45) is 2.42. The molecule has 0 bridgehead atoms. The number of rotatable bonds is 5. The van der Waals surface area contributed by atoms with Gasteiger partial charge in [0.05, 0.1) is 24.5 Å². The summed E-state index contributed by atoms with van der Waals surface area (Å²) in [5, 5.41) is 3.55. The van der Waals surface area contributed by atoms with E-state index in [4.69, 9.17) is 14.2 Å². The van der Waals surface area contributed by atoms with Crippen molar-refractivity contribution in [3.8, 4) is 5.75 Å². The summed E-state index contributed by atoms with van der Waals surface area (Å²) in [7, 11) is 0. The molecule has 4 heteroatoms. The molecule has 1 unspecified atom stereocenters. The van der Waals surface area contributed by atoms with E-state index in [1.807, 2.05) is 18.2 Å². The van der Waals surface area contributed by atoms with Crippen molar-refractivity contribution in [2.24, 2.45) is 5.92 Å². The van der Waals surface area contributed by atoms with Crippen LogP contribution in [-0.2, 0) is 9.47 Å². The molecule has 1 aromatic carbocycles. The number of benzene rings is 1. The Morgan fingerprint density at radius 1 is 1.29 bits per heavy atom. The van der Waals surface area contributed by atoms with Crippen LogP contribution in [0.4, 0.5) is 5.69 Å². The van der Waals surface area contributed by atoms with Crippen molar-refractivity contribution < 1.29 is 14.2 Å². The van der Waals surface area contributed by atoms with Gasteiger partial charge in [0, 0.05) is 13.2 Å². The molecule has 2 aliphatic heterocycles. The van der Waals surface area contributed by atoms with E-state index in [9.17, 15) is 0 Å². The van der Waals surface area contributed by atoms with Crippen LogP contribution in [0.15, 0.2) is 24.3 Å². The smallest absolute Gasteiger partial charge is 0.145 e. The van der Waals surface area contributed by atoms with Gasteiger partial charge in [0.1, 0.15) is 11.9 Å². The molecule has 3 rings (SSSR count). The molecule has 4 nitrogen and oxygen atoms in total. The first kappa shape index (κ1) is 14.7. The minimum Gasteiger partial charge on any atom is -0.483 e. The molecule has 0 aliphatic carbocycles. The van der Waals surface area contributed by atoms with E-state index in [-0.39, 0.29) is 11.7 Å². The minimum atomic E-state index is 0.00385. The number of hydrogen-bond donors (Lipinski definition) is 1. The van der Waals surface area contributed by atoms with Crippen LogP contribution in [0.1, 0.15) is 26.7 Å². The van der Waals surface area contributed by atoms with Gasteiger partial charge in [0.15, 0.2) is 0 Å². The molecule has 0 radical (unpaired) electrons. The Bertz CT molecular complexity index is 471. The standard InChI is InChI=1S/C17H25NO3/c1-17(2)9-13(7-8-20-17)10-18-15-5-3-4-6-16(15)21-14-11-19-12-14/h3-6,13-14,18H,7-12H2,1-2H3. The third kappa shape index (κ3) is 3.89. The lowest BCUT2D eigenvalue weighted by Crippen LogP contribution is -2.39. The summed E-state index contributed by atoms with van der Waals surface area (Å²) in [5.74, 6) is 1.57. The topological polar surface area (TPSA) is 39.7 Å². The van der Waals surface area contributed by atoms with Gasteiger partial charge in [-0.15, -0.1) is 0 Å². The normalized spacial score (nSPS) is 25.1. The Balaban J connectivity index is 1.57. The molecule has 2 heterocycles. The molecule has 2 aliphatic rings. The predicted octanol–water partition coefficient (Wildman–Crippen LogP) is 3.08. The van der Waals surface area contributed by atoms with Gasteiger partial charge in [0.25, 0.3) is 0 Å². The largest absolute Gasteiger partial charge is 0.483 e. The maximum absolute atomic E-state index is 5.95. The summed E-state index contributed by atoms with van der Waals surface area (Å²) < 4.78 is 16.9. The van der Waals surface area contributed by atoms with Crippen LogP contribution < -0.4 is 10.1 Å². The SMILES string of the molecule is CC1(C)CC(CNc2ccccc2OC2COC2)CCO1. The third-order valence-electron chi connectivity index (χ3n) is 4.17. The molecule has 0 aromatic heterocycles. The highest BCUT2D eigenvalue weighted by molar-refractivity contribution is 5.56. The maximum atomic E-state index is 5.95. The first-order valence-electron chi connectivity index (χ1n) is 7.84. The van der Waals surface area contributed by atoms with Gasteiger partial charge in [0.2, 0.25) is 0 Å². The van der Waals surface area contributed by atoms with Gasteiger partial charge in [-0.3, -0.25) is 0 Å². The zero-order valence-electron chi connectivity index (χ0n) is 12.9. The van der Waals surface area contributed by atoms with Crippen molar-refractivity contribution in [1.82, 2.24) is 0 Å². The summed E-state index contributed by atoms with van der Waals surface area (Å²) in [4.78, 5) is 0. The molecule has 116 valence electrons. The van der Waals surface area contributed by atoms with Gasteiger partial charge in [-0.2, -0.15) is 0 Å². The van der Waals surface area contributed by atoms with E-state index >= 15 is 0 Å². The molecular formula is C17H25NO3. The highest BCUT2D eigenvalue weighted by Crippen LogP contribution is 2.31. The maximum Gasteiger partial charge on any atom is 0.145 e. The molecule has 2 saturated heterocycles. The highest BCUT2D eigenvalue weighted by atomic mass is 16.6. The average molecular weight is 291 g/mol. The van der Waals surface area contributed by atoms with Crippen molar-refractivity contribution in [3.05, 3.63) is 24.3 Å². The van der Waals surface area contributed by atoms with E-state index in [0.29, 0.717) is 19.1 Å². The Kier molecular flexibility index (Phi) is 4.36. The van der Waals surface area contributed by atoms with E-state index in [2.05, 4.69) is 25.2 Å². The van der Waals surface area contributed by atoms with Gasteiger partial charge in [-0.25, -0.2) is 0 Å². The van der Waals surface area contributed by atoms with Gasteiger partial charge >= 0.3 is 0 Å². The lowest BCUT2D eigenvalue weighted by atomic mass is 9.88. The monoisotopic (exact) mass is 291 g/mol. The fraction of sp³-hybridized carbons (Fsp3) is 0.647. The number of para-hydroxylation sites is 2. The van der Waals surface area contributed by atoms with E-state index in [1.54, 1.807) is 0 Å². The predicted molar refractivity (Wildman–Crippen MR) is 82.9 cm³/mol. The third-order valence-corrected chi connectivity index (χ3v) is 4.17. The Labute approximate surface area is 126 Å². The van der Waals surface area contributed by atoms with Crippen LogP contribution in [0.3, 0.4) is 0 Å². The number of hydrogen-bond acceptors (Lipinski definition) is 4. The van der Waals surface area contributed by atoms with Crippen molar-refractivity contribution in [3.63, 3.8) is 0 Å². The molecule has 2 fully saturated rings. The zero-order valence-corrected chi connectivity index (χ0v) is 12.9. The van der Waals surface area contributed by atoms with Crippen molar-refractivity contribution in [2.75, 3.05) is 31.7 Å². The van der Waals surface area contributed by atoms with Crippen LogP contribution >= 0.6 is 0 Å². The lowest BCUT2D eigenvalue weighted by Gasteiger charge is -2.36. The molecule has 21 heavy (non-hydrogen) atoms. The van der Waals surface area contributed by atoms with Crippen molar-refractivity contribution >= 4 is 5.69 Å². The van der Waals surface area contributed by atoms with Crippen LogP contribution in [-0.4, -0.2) is 38.1 Å². The number of anilines is 1. The summed E-state index contributed by atoms with van der Waals surface area (Å²) >= 11 is 0. The first-order valence-corrected chi connectivity index (χ1v) is 7.84. The summed E-state index contributed by atoms with van der Waals surface area (Å²) in [6.45, 7) is 7.57. The second-order valence-electron chi connectivity index (χ2n) is 6.62. The minimum absolute atomic E-state index is 0.00385. The van der Waals surface area contributed by atoms with Crippen LogP contribution in [0.2, 0.25) is 0 Å². The van der Waals surface area contributed by atoms with Crippen LogP contribution in [0, 0.1) is 5.92 Å². The quantitative estimate of drug-likeness (QED) is 0.905. The molecule has 1 N–H and O–H groups in total. The summed E-state index contributed by atoms with van der Waals surface area (Å²) in [5.41, 5.74) is 1.08. The van der Waals surface area contributed by atoms with E-state index < -0.39 is 0 Å². The Hall–Kier alpha value is -1.26. The zero-order chi connectivity index (χ0) is 14.7. The first-order chi connectivity index (χ1) is 10.1. The van der Waals surface area contributed by atoms with Crippen LogP contribution in [0.25, 0.3) is 0 Å². The Morgan fingerprint density at radius 2 is 2.10 bits per heavy atom. The number of ether oxygens (including phenoxy) is 3. The highest BCUT2D eigenvalue weighted by Gasteiger charge is 2.28. The average Bonchev–Trinajstić information content (AvgIpc) is 2.40. The van der Waals surface area contributed by atoms with E-state index in [1.165, 1.54) is 0 Å². The fourth-order valence-electron chi connectivity index (χ4n) is 2.96. The van der Waals surface area contributed by atoms with Crippen LogP contribution in [0.5, 0.6) is 5.75 Å². The van der Waals surface area contributed by atoms with E-state index in [0.717, 1.165) is 37.4 Å². The van der Waals surface area contributed by atoms with Crippen molar-refractivity contribution in [1.29, 1.82) is 0 Å². The number of nitrogens with one attached hydrogen (secondary N) is 1.